The first-order valence-corrected chi connectivity index (χ1v) is 13.3. The molecule has 0 bridgehead atoms. The fourth-order valence-electron chi connectivity index (χ4n) is 5.80. The molecule has 0 unspecified atom stereocenters. The number of benzene rings is 4. The minimum atomic E-state index is -0.450. The van der Waals surface area contributed by atoms with Crippen molar-refractivity contribution in [1.29, 1.82) is 0 Å². The Morgan fingerprint density at radius 2 is 1.16 bits per heavy atom. The Bertz CT molecular complexity index is 1360. The monoisotopic (exact) mass is 490 g/mol. The molecule has 0 aliphatic heterocycles. The van der Waals surface area contributed by atoms with Crippen molar-refractivity contribution in [3.8, 4) is 22.6 Å². The van der Waals surface area contributed by atoms with E-state index in [0.717, 1.165) is 17.9 Å². The summed E-state index contributed by atoms with van der Waals surface area (Å²) in [4.78, 5) is 0. The molecule has 0 saturated carbocycles. The molecule has 0 radical (unpaired) electrons. The Kier molecular flexibility index (Phi) is 6.40. The summed E-state index contributed by atoms with van der Waals surface area (Å²) in [5.41, 5.74) is 10.2. The number of rotatable bonds is 7. The molecule has 190 valence electrons. The Morgan fingerprint density at radius 3 is 1.62 bits per heavy atom. The fraction of sp³-hybridized carbons (Fsp3) is 0.314. The van der Waals surface area contributed by atoms with Gasteiger partial charge in [-0.2, -0.15) is 0 Å². The van der Waals surface area contributed by atoms with Crippen LogP contribution in [-0.4, -0.2) is 14.2 Å². The van der Waals surface area contributed by atoms with E-state index >= 15 is 0 Å². The van der Waals surface area contributed by atoms with E-state index in [1.807, 2.05) is 0 Å². The van der Waals surface area contributed by atoms with Gasteiger partial charge in [0.1, 0.15) is 11.5 Å². The standard InChI is InChI=1S/C35H38O2/c1-8-34(4,5)27-14-20-31-30-19-9-24(23(2)3)21-32(30)35(33(31)22-27,25-10-15-28(36-6)16-11-25)26-12-17-29(37-7)18-13-26/h9-23H,8H2,1-7H3. The molecule has 1 aliphatic rings. The molecule has 2 heteroatoms. The molecule has 0 heterocycles. The predicted molar refractivity (Wildman–Crippen MR) is 154 cm³/mol. The minimum absolute atomic E-state index is 0.0818. The molecule has 4 aromatic carbocycles. The van der Waals surface area contributed by atoms with Gasteiger partial charge in [0.25, 0.3) is 0 Å². The van der Waals surface area contributed by atoms with E-state index in [2.05, 4.69) is 120 Å². The smallest absolute Gasteiger partial charge is 0.118 e. The fourth-order valence-corrected chi connectivity index (χ4v) is 5.80. The molecule has 0 fully saturated rings. The molecular weight excluding hydrogens is 452 g/mol. The maximum atomic E-state index is 5.55. The third kappa shape index (κ3) is 3.94. The highest BCUT2D eigenvalue weighted by Gasteiger charge is 2.47. The van der Waals surface area contributed by atoms with Crippen LogP contribution in [0.2, 0.25) is 0 Å². The average molecular weight is 491 g/mol. The second kappa shape index (κ2) is 9.41. The van der Waals surface area contributed by atoms with Crippen molar-refractivity contribution in [1.82, 2.24) is 0 Å². The van der Waals surface area contributed by atoms with Crippen LogP contribution in [0.3, 0.4) is 0 Å². The zero-order valence-corrected chi connectivity index (χ0v) is 23.2. The van der Waals surface area contributed by atoms with Gasteiger partial charge in [-0.1, -0.05) is 95.3 Å². The summed E-state index contributed by atoms with van der Waals surface area (Å²) in [7, 11) is 3.45. The van der Waals surface area contributed by atoms with Crippen LogP contribution in [0.1, 0.15) is 80.3 Å². The molecule has 0 amide bonds. The summed E-state index contributed by atoms with van der Waals surface area (Å²) in [6, 6.07) is 31.5. The number of hydrogen-bond donors (Lipinski definition) is 0. The zero-order valence-electron chi connectivity index (χ0n) is 23.2. The van der Waals surface area contributed by atoms with Crippen molar-refractivity contribution < 1.29 is 9.47 Å². The van der Waals surface area contributed by atoms with Gasteiger partial charge in [-0.05, 0) is 86.5 Å². The Balaban J connectivity index is 1.92. The summed E-state index contributed by atoms with van der Waals surface area (Å²) in [6.45, 7) is 11.5. The van der Waals surface area contributed by atoms with Gasteiger partial charge in [0.2, 0.25) is 0 Å². The van der Waals surface area contributed by atoms with Crippen molar-refractivity contribution in [3.05, 3.63) is 118 Å². The topological polar surface area (TPSA) is 18.5 Å². The lowest BCUT2D eigenvalue weighted by molar-refractivity contribution is 0.414. The predicted octanol–water partition coefficient (Wildman–Crippen LogP) is 8.88. The third-order valence-corrected chi connectivity index (χ3v) is 8.54. The Morgan fingerprint density at radius 1 is 0.676 bits per heavy atom. The number of fused-ring (bicyclic) bond motifs is 3. The summed E-state index contributed by atoms with van der Waals surface area (Å²) >= 11 is 0. The lowest BCUT2D eigenvalue weighted by Gasteiger charge is -2.35. The molecule has 1 aliphatic carbocycles. The van der Waals surface area contributed by atoms with Gasteiger partial charge in [-0.15, -0.1) is 0 Å². The first-order valence-electron chi connectivity index (χ1n) is 13.3. The third-order valence-electron chi connectivity index (χ3n) is 8.54. The lowest BCUT2D eigenvalue weighted by Crippen LogP contribution is -2.29. The Hall–Kier alpha value is -3.52. The second-order valence-electron chi connectivity index (χ2n) is 11.2. The normalized spacial score (nSPS) is 13.8. The van der Waals surface area contributed by atoms with Crippen LogP contribution in [0.4, 0.5) is 0 Å². The van der Waals surface area contributed by atoms with Crippen LogP contribution in [0, 0.1) is 0 Å². The molecule has 0 aromatic heterocycles. The van der Waals surface area contributed by atoms with Crippen LogP contribution < -0.4 is 9.47 Å². The van der Waals surface area contributed by atoms with Crippen molar-refractivity contribution in [2.24, 2.45) is 0 Å². The molecule has 37 heavy (non-hydrogen) atoms. The van der Waals surface area contributed by atoms with Gasteiger partial charge in [-0.25, -0.2) is 0 Å². The van der Waals surface area contributed by atoms with E-state index in [-0.39, 0.29) is 5.41 Å². The van der Waals surface area contributed by atoms with E-state index in [9.17, 15) is 0 Å². The quantitative estimate of drug-likeness (QED) is 0.227. The van der Waals surface area contributed by atoms with Crippen molar-refractivity contribution in [3.63, 3.8) is 0 Å². The molecule has 2 nitrogen and oxygen atoms in total. The van der Waals surface area contributed by atoms with Crippen LogP contribution in [0.5, 0.6) is 11.5 Å². The van der Waals surface area contributed by atoms with E-state index in [1.165, 1.54) is 44.5 Å². The molecule has 0 saturated heterocycles. The van der Waals surface area contributed by atoms with Gasteiger partial charge in [0.15, 0.2) is 0 Å². The minimum Gasteiger partial charge on any atom is -0.497 e. The van der Waals surface area contributed by atoms with Crippen molar-refractivity contribution in [2.45, 2.75) is 57.8 Å². The summed E-state index contributed by atoms with van der Waals surface area (Å²) in [6.07, 6.45) is 1.08. The van der Waals surface area contributed by atoms with Gasteiger partial charge in [0.05, 0.1) is 19.6 Å². The average Bonchev–Trinajstić information content (AvgIpc) is 3.23. The number of methoxy groups -OCH3 is 2. The largest absolute Gasteiger partial charge is 0.497 e. The van der Waals surface area contributed by atoms with E-state index in [1.54, 1.807) is 14.2 Å². The van der Waals surface area contributed by atoms with Gasteiger partial charge in [-0.3, -0.25) is 0 Å². The van der Waals surface area contributed by atoms with Crippen LogP contribution in [0.25, 0.3) is 11.1 Å². The first-order chi connectivity index (χ1) is 17.8. The molecule has 0 N–H and O–H groups in total. The Labute approximate surface area is 222 Å². The van der Waals surface area contributed by atoms with E-state index in [4.69, 9.17) is 9.47 Å². The molecule has 0 spiro atoms. The van der Waals surface area contributed by atoms with Crippen LogP contribution in [0.15, 0.2) is 84.9 Å². The molecular formula is C35H38O2. The van der Waals surface area contributed by atoms with Crippen molar-refractivity contribution in [2.75, 3.05) is 14.2 Å². The molecule has 0 atom stereocenters. The SMILES string of the molecule is CCC(C)(C)c1ccc2c(c1)C(c1ccc(OC)cc1)(c1ccc(OC)cc1)c1cc(C(C)C)ccc1-2. The maximum absolute atomic E-state index is 5.55. The zero-order chi connectivity index (χ0) is 26.4. The second-order valence-corrected chi connectivity index (χ2v) is 11.2. The van der Waals surface area contributed by atoms with Gasteiger partial charge in [0, 0.05) is 0 Å². The van der Waals surface area contributed by atoms with Crippen LogP contribution >= 0.6 is 0 Å². The lowest BCUT2D eigenvalue weighted by atomic mass is 9.66. The highest BCUT2D eigenvalue weighted by molar-refractivity contribution is 5.87. The van der Waals surface area contributed by atoms with Crippen molar-refractivity contribution >= 4 is 0 Å². The summed E-state index contributed by atoms with van der Waals surface area (Å²) < 4.78 is 11.1. The molecule has 5 rings (SSSR count). The number of hydrogen-bond acceptors (Lipinski definition) is 2. The summed E-state index contributed by atoms with van der Waals surface area (Å²) in [5.74, 6) is 2.17. The van der Waals surface area contributed by atoms with E-state index < -0.39 is 5.41 Å². The number of ether oxygens (including phenoxy) is 2. The van der Waals surface area contributed by atoms with Gasteiger partial charge >= 0.3 is 0 Å². The summed E-state index contributed by atoms with van der Waals surface area (Å²) in [5, 5.41) is 0. The highest BCUT2D eigenvalue weighted by Crippen LogP contribution is 2.57. The van der Waals surface area contributed by atoms with Gasteiger partial charge < -0.3 is 9.47 Å². The van der Waals surface area contributed by atoms with E-state index in [0.29, 0.717) is 5.92 Å². The highest BCUT2D eigenvalue weighted by atomic mass is 16.5. The maximum Gasteiger partial charge on any atom is 0.118 e. The first kappa shape index (κ1) is 25.1. The molecule has 4 aromatic rings. The van der Waals surface area contributed by atoms with Crippen LogP contribution in [-0.2, 0) is 10.8 Å².